The first-order valence-corrected chi connectivity index (χ1v) is 7.66. The Kier molecular flexibility index (Phi) is 5.64. The lowest BCUT2D eigenvalue weighted by atomic mass is 9.86. The maximum Gasteiger partial charge on any atom is 0.149 e. The van der Waals surface area contributed by atoms with Gasteiger partial charge < -0.3 is 4.74 Å². The summed E-state index contributed by atoms with van der Waals surface area (Å²) in [6, 6.07) is 0. The van der Waals surface area contributed by atoms with E-state index in [0.29, 0.717) is 24.3 Å². The van der Waals surface area contributed by atoms with E-state index in [9.17, 15) is 4.79 Å². The molecular formula is C15H27NO2. The van der Waals surface area contributed by atoms with Gasteiger partial charge in [-0.1, -0.05) is 26.2 Å². The Morgan fingerprint density at radius 3 is 2.56 bits per heavy atom. The van der Waals surface area contributed by atoms with E-state index < -0.39 is 0 Å². The quantitative estimate of drug-likeness (QED) is 0.729. The zero-order chi connectivity index (χ0) is 12.8. The molecule has 0 aromatic carbocycles. The fourth-order valence-electron chi connectivity index (χ4n) is 3.16. The highest BCUT2D eigenvalue weighted by molar-refractivity contribution is 5.83. The summed E-state index contributed by atoms with van der Waals surface area (Å²) in [7, 11) is 0. The van der Waals surface area contributed by atoms with Crippen LogP contribution in [-0.2, 0) is 9.53 Å². The lowest BCUT2D eigenvalue weighted by Crippen LogP contribution is -2.38. The topological polar surface area (TPSA) is 29.5 Å². The summed E-state index contributed by atoms with van der Waals surface area (Å²) >= 11 is 0. The summed E-state index contributed by atoms with van der Waals surface area (Å²) in [5.41, 5.74) is 0. The van der Waals surface area contributed by atoms with Crippen molar-refractivity contribution < 1.29 is 9.53 Å². The van der Waals surface area contributed by atoms with E-state index in [2.05, 4.69) is 11.8 Å². The van der Waals surface area contributed by atoms with Crippen LogP contribution in [0.4, 0.5) is 0 Å². The Morgan fingerprint density at radius 2 is 1.94 bits per heavy atom. The molecule has 0 amide bonds. The molecule has 1 saturated carbocycles. The van der Waals surface area contributed by atoms with E-state index in [1.165, 1.54) is 25.7 Å². The van der Waals surface area contributed by atoms with Gasteiger partial charge in [0, 0.05) is 19.1 Å². The molecule has 3 heteroatoms. The van der Waals surface area contributed by atoms with E-state index in [-0.39, 0.29) is 0 Å². The number of ether oxygens (including phenoxy) is 1. The van der Waals surface area contributed by atoms with Gasteiger partial charge in [-0.25, -0.2) is 0 Å². The first-order valence-electron chi connectivity index (χ1n) is 7.66. The minimum absolute atomic E-state index is 0.345. The number of ketones is 1. The van der Waals surface area contributed by atoms with Gasteiger partial charge in [-0.15, -0.1) is 0 Å². The number of nitrogens with zero attached hydrogens (tertiary/aromatic N) is 1. The molecule has 2 aliphatic rings. The van der Waals surface area contributed by atoms with Crippen molar-refractivity contribution in [1.82, 2.24) is 4.90 Å². The maximum absolute atomic E-state index is 12.3. The highest BCUT2D eigenvalue weighted by Gasteiger charge is 2.24. The minimum atomic E-state index is 0.345. The van der Waals surface area contributed by atoms with E-state index >= 15 is 0 Å². The van der Waals surface area contributed by atoms with Crippen molar-refractivity contribution in [3.63, 3.8) is 0 Å². The van der Waals surface area contributed by atoms with Gasteiger partial charge in [0.15, 0.2) is 0 Å². The van der Waals surface area contributed by atoms with Crippen molar-refractivity contribution in [3.05, 3.63) is 0 Å². The monoisotopic (exact) mass is 253 g/mol. The molecule has 0 aromatic heterocycles. The van der Waals surface area contributed by atoms with Crippen LogP contribution in [0.15, 0.2) is 0 Å². The average molecular weight is 253 g/mol. The van der Waals surface area contributed by atoms with Crippen molar-refractivity contribution in [2.75, 3.05) is 26.2 Å². The smallest absolute Gasteiger partial charge is 0.149 e. The Morgan fingerprint density at radius 1 is 1.17 bits per heavy atom. The summed E-state index contributed by atoms with van der Waals surface area (Å²) in [5, 5.41) is 0. The predicted molar refractivity (Wildman–Crippen MR) is 72.7 cm³/mol. The average Bonchev–Trinajstić information content (AvgIpc) is 2.91. The Hall–Kier alpha value is -0.410. The standard InChI is InChI=1S/C15H27NO2/c1-2-16(11-14-9-6-10-18-14)12-15(17)13-7-4-3-5-8-13/h13-14H,2-12H2,1H3. The third-order valence-corrected chi connectivity index (χ3v) is 4.37. The second kappa shape index (κ2) is 7.25. The molecule has 3 nitrogen and oxygen atoms in total. The largest absolute Gasteiger partial charge is 0.377 e. The number of carbonyl (C=O) groups excluding carboxylic acids is 1. The summed E-state index contributed by atoms with van der Waals surface area (Å²) in [5.74, 6) is 0.812. The van der Waals surface area contributed by atoms with E-state index in [1.54, 1.807) is 0 Å². The van der Waals surface area contributed by atoms with Crippen LogP contribution >= 0.6 is 0 Å². The van der Waals surface area contributed by atoms with Gasteiger partial charge in [-0.2, -0.15) is 0 Å². The van der Waals surface area contributed by atoms with Gasteiger partial charge in [0.25, 0.3) is 0 Å². The molecule has 2 rings (SSSR count). The fourth-order valence-corrected chi connectivity index (χ4v) is 3.16. The molecular weight excluding hydrogens is 226 g/mol. The van der Waals surface area contributed by atoms with Crippen LogP contribution < -0.4 is 0 Å². The van der Waals surface area contributed by atoms with Crippen LogP contribution in [0, 0.1) is 5.92 Å². The van der Waals surface area contributed by atoms with Gasteiger partial charge in [0.05, 0.1) is 12.6 Å². The lowest BCUT2D eigenvalue weighted by molar-refractivity contribution is -0.125. The van der Waals surface area contributed by atoms with Gasteiger partial charge in [0.2, 0.25) is 0 Å². The van der Waals surface area contributed by atoms with Crippen LogP contribution in [-0.4, -0.2) is 43.0 Å². The van der Waals surface area contributed by atoms with Crippen LogP contribution in [0.1, 0.15) is 51.9 Å². The van der Waals surface area contributed by atoms with Crippen molar-refractivity contribution in [2.45, 2.75) is 58.0 Å². The molecule has 1 heterocycles. The first-order chi connectivity index (χ1) is 8.79. The molecule has 0 N–H and O–H groups in total. The molecule has 18 heavy (non-hydrogen) atoms. The zero-order valence-electron chi connectivity index (χ0n) is 11.7. The fraction of sp³-hybridized carbons (Fsp3) is 0.933. The van der Waals surface area contributed by atoms with Crippen LogP contribution in [0.3, 0.4) is 0 Å². The van der Waals surface area contributed by atoms with Crippen molar-refractivity contribution in [1.29, 1.82) is 0 Å². The highest BCUT2D eigenvalue weighted by atomic mass is 16.5. The molecule has 1 atom stereocenters. The molecule has 1 saturated heterocycles. The Bertz CT molecular complexity index is 255. The van der Waals surface area contributed by atoms with Crippen LogP contribution in [0.2, 0.25) is 0 Å². The minimum Gasteiger partial charge on any atom is -0.377 e. The second-order valence-corrected chi connectivity index (χ2v) is 5.76. The molecule has 0 bridgehead atoms. The highest BCUT2D eigenvalue weighted by Crippen LogP contribution is 2.24. The molecule has 2 fully saturated rings. The number of likely N-dealkylation sites (N-methyl/N-ethyl adjacent to an activating group) is 1. The molecule has 1 aliphatic carbocycles. The van der Waals surface area contributed by atoms with E-state index in [0.717, 1.165) is 39.0 Å². The molecule has 1 unspecified atom stereocenters. The molecule has 104 valence electrons. The Labute approximate surface area is 111 Å². The second-order valence-electron chi connectivity index (χ2n) is 5.76. The molecule has 0 aromatic rings. The van der Waals surface area contributed by atoms with Gasteiger partial charge in [-0.05, 0) is 32.2 Å². The lowest BCUT2D eigenvalue weighted by Gasteiger charge is -2.26. The predicted octanol–water partition coefficient (Wildman–Crippen LogP) is 2.64. The number of Topliss-reactive ketones (excluding diaryl/α,β-unsaturated/α-hetero) is 1. The summed E-state index contributed by atoms with van der Waals surface area (Å²) in [6.07, 6.45) is 8.75. The zero-order valence-corrected chi connectivity index (χ0v) is 11.7. The van der Waals surface area contributed by atoms with Crippen LogP contribution in [0.5, 0.6) is 0 Å². The van der Waals surface area contributed by atoms with Crippen LogP contribution in [0.25, 0.3) is 0 Å². The SMILES string of the molecule is CCN(CC(=O)C1CCCCC1)CC1CCCO1. The molecule has 0 spiro atoms. The number of carbonyl (C=O) groups is 1. The normalized spacial score (nSPS) is 25.8. The summed E-state index contributed by atoms with van der Waals surface area (Å²) in [4.78, 5) is 14.5. The number of hydrogen-bond donors (Lipinski definition) is 0. The Balaban J connectivity index is 1.75. The third-order valence-electron chi connectivity index (χ3n) is 4.37. The van der Waals surface area contributed by atoms with Gasteiger partial charge >= 0.3 is 0 Å². The summed E-state index contributed by atoms with van der Waals surface area (Å²) in [6.45, 7) is 5.58. The maximum atomic E-state index is 12.3. The van der Waals surface area contributed by atoms with Crippen molar-refractivity contribution in [2.24, 2.45) is 5.92 Å². The number of hydrogen-bond acceptors (Lipinski definition) is 3. The van der Waals surface area contributed by atoms with Crippen molar-refractivity contribution in [3.8, 4) is 0 Å². The first kappa shape index (κ1) is 14.0. The summed E-state index contributed by atoms with van der Waals surface area (Å²) < 4.78 is 5.66. The van der Waals surface area contributed by atoms with Gasteiger partial charge in [0.1, 0.15) is 5.78 Å². The van der Waals surface area contributed by atoms with Crippen molar-refractivity contribution >= 4 is 5.78 Å². The van der Waals surface area contributed by atoms with Gasteiger partial charge in [-0.3, -0.25) is 9.69 Å². The number of rotatable bonds is 6. The molecule has 0 radical (unpaired) electrons. The van der Waals surface area contributed by atoms with E-state index in [4.69, 9.17) is 4.74 Å². The third kappa shape index (κ3) is 4.06. The molecule has 1 aliphatic heterocycles. The van der Waals surface area contributed by atoms with E-state index in [1.807, 2.05) is 0 Å².